The fourth-order valence-electron chi connectivity index (χ4n) is 2.75. The summed E-state index contributed by atoms with van der Waals surface area (Å²) in [7, 11) is 1.54. The summed E-state index contributed by atoms with van der Waals surface area (Å²) in [5, 5.41) is 16.3. The third-order valence-electron chi connectivity index (χ3n) is 4.16. The van der Waals surface area contributed by atoms with E-state index in [1.165, 1.54) is 6.07 Å². The summed E-state index contributed by atoms with van der Waals surface area (Å²) in [6.45, 7) is 2.29. The van der Waals surface area contributed by atoms with Gasteiger partial charge in [-0.3, -0.25) is 0 Å². The van der Waals surface area contributed by atoms with Crippen LogP contribution < -0.4 is 20.1 Å². The van der Waals surface area contributed by atoms with Gasteiger partial charge in [0.05, 0.1) is 13.7 Å². The van der Waals surface area contributed by atoms with Crippen molar-refractivity contribution < 1.29 is 23.4 Å². The zero-order valence-electron chi connectivity index (χ0n) is 17.2. The lowest BCUT2D eigenvalue weighted by Gasteiger charge is -2.14. The number of halogens is 3. The molecule has 0 amide bonds. The second kappa shape index (κ2) is 13.1. The van der Waals surface area contributed by atoms with Gasteiger partial charge in [0.2, 0.25) is 0 Å². The van der Waals surface area contributed by atoms with Gasteiger partial charge in [-0.25, -0.2) is 4.99 Å². The van der Waals surface area contributed by atoms with Crippen LogP contribution >= 0.6 is 24.0 Å². The third kappa shape index (κ3) is 8.21. The van der Waals surface area contributed by atoms with Crippen molar-refractivity contribution in [3.63, 3.8) is 0 Å². The Hall–Kier alpha value is -2.30. The van der Waals surface area contributed by atoms with Crippen molar-refractivity contribution >= 4 is 29.9 Å². The highest BCUT2D eigenvalue weighted by Gasteiger charge is 2.10. The average Bonchev–Trinajstić information content (AvgIpc) is 2.68. The first-order valence-corrected chi connectivity index (χ1v) is 9.35. The highest BCUT2D eigenvalue weighted by molar-refractivity contribution is 14.0. The van der Waals surface area contributed by atoms with E-state index in [1.807, 2.05) is 13.8 Å². The maximum Gasteiger partial charge on any atom is 0.387 e. The number of aromatic hydroxyl groups is 1. The molecule has 0 aromatic heterocycles. The normalized spacial score (nSPS) is 11.1. The maximum atomic E-state index is 12.6. The number of nitrogens with zero attached hydrogens (tertiary/aromatic N) is 1. The lowest BCUT2D eigenvalue weighted by molar-refractivity contribution is -0.0504. The molecule has 0 radical (unpaired) electrons. The van der Waals surface area contributed by atoms with Gasteiger partial charge in [0, 0.05) is 24.7 Å². The maximum absolute atomic E-state index is 12.6. The molecule has 0 spiro atoms. The lowest BCUT2D eigenvalue weighted by atomic mass is 10.1. The second-order valence-corrected chi connectivity index (χ2v) is 6.36. The number of alkyl halides is 2. The predicted octanol–water partition coefficient (Wildman–Crippen LogP) is 4.23. The number of phenolic OH excluding ortho intramolecular Hbond substituents is 1. The number of hydrogen-bond acceptors (Lipinski definition) is 4. The number of rotatable bonds is 9. The van der Waals surface area contributed by atoms with Gasteiger partial charge in [-0.05, 0) is 38.0 Å². The van der Waals surface area contributed by atoms with E-state index in [0.29, 0.717) is 36.8 Å². The molecule has 0 bridgehead atoms. The molecule has 0 saturated carbocycles. The van der Waals surface area contributed by atoms with Crippen molar-refractivity contribution in [2.45, 2.75) is 33.4 Å². The van der Waals surface area contributed by atoms with Crippen LogP contribution in [0.3, 0.4) is 0 Å². The molecule has 2 aromatic carbocycles. The Bertz CT molecular complexity index is 835. The Morgan fingerprint density at radius 1 is 1.13 bits per heavy atom. The predicted molar refractivity (Wildman–Crippen MR) is 124 cm³/mol. The molecule has 2 aromatic rings. The van der Waals surface area contributed by atoms with Gasteiger partial charge in [-0.2, -0.15) is 8.78 Å². The van der Waals surface area contributed by atoms with E-state index in [9.17, 15) is 13.9 Å². The van der Waals surface area contributed by atoms with E-state index in [0.717, 1.165) is 11.1 Å². The Balaban J connectivity index is 0.00000450. The fraction of sp³-hybridized carbons (Fsp3) is 0.381. The van der Waals surface area contributed by atoms with E-state index in [1.54, 1.807) is 37.4 Å². The first-order valence-electron chi connectivity index (χ1n) is 9.35. The topological polar surface area (TPSA) is 75.1 Å². The molecule has 0 aliphatic carbocycles. The van der Waals surface area contributed by atoms with Crippen LogP contribution in [0.4, 0.5) is 8.78 Å². The van der Waals surface area contributed by atoms with Crippen LogP contribution in [0.15, 0.2) is 41.4 Å². The molecule has 0 fully saturated rings. The number of hydrogen-bond donors (Lipinski definition) is 3. The summed E-state index contributed by atoms with van der Waals surface area (Å²) in [6, 6.07) is 10.2. The van der Waals surface area contributed by atoms with Crippen LogP contribution in [0.25, 0.3) is 0 Å². The summed E-state index contributed by atoms with van der Waals surface area (Å²) in [5.74, 6) is 1.43. The van der Waals surface area contributed by atoms with Gasteiger partial charge < -0.3 is 25.2 Å². The number of phenols is 1. The molecule has 30 heavy (non-hydrogen) atoms. The van der Waals surface area contributed by atoms with E-state index in [-0.39, 0.29) is 42.0 Å². The SMILES string of the molecule is CCNC(=NCc1cc(C)ccc1OC(F)F)NCCc1ccc(OC)cc1O.I. The summed E-state index contributed by atoms with van der Waals surface area (Å²) in [4.78, 5) is 4.46. The Morgan fingerprint density at radius 3 is 2.53 bits per heavy atom. The van der Waals surface area contributed by atoms with Crippen molar-refractivity contribution in [2.24, 2.45) is 4.99 Å². The summed E-state index contributed by atoms with van der Waals surface area (Å²) in [6.07, 6.45) is 0.574. The largest absolute Gasteiger partial charge is 0.508 e. The number of methoxy groups -OCH3 is 1. The van der Waals surface area contributed by atoms with Crippen LogP contribution in [0, 0.1) is 6.92 Å². The highest BCUT2D eigenvalue weighted by Crippen LogP contribution is 2.24. The molecule has 0 saturated heterocycles. The van der Waals surface area contributed by atoms with Crippen molar-refractivity contribution in [3.05, 3.63) is 53.1 Å². The van der Waals surface area contributed by atoms with Crippen molar-refractivity contribution in [1.82, 2.24) is 10.6 Å². The highest BCUT2D eigenvalue weighted by atomic mass is 127. The number of guanidine groups is 1. The number of nitrogens with one attached hydrogen (secondary N) is 2. The minimum atomic E-state index is -2.89. The molecule has 0 atom stereocenters. The smallest absolute Gasteiger partial charge is 0.387 e. The molecule has 9 heteroatoms. The first-order chi connectivity index (χ1) is 13.9. The minimum Gasteiger partial charge on any atom is -0.508 e. The Morgan fingerprint density at radius 2 is 1.90 bits per heavy atom. The lowest BCUT2D eigenvalue weighted by Crippen LogP contribution is -2.38. The standard InChI is InChI=1S/C21H27F2N3O3.HI/c1-4-24-21(25-10-9-15-6-7-17(28-3)12-18(15)27)26-13-16-11-14(2)5-8-19(16)29-20(22)23;/h5-8,11-12,20,27H,4,9-10,13H2,1-3H3,(H2,24,25,26);1H. The zero-order chi connectivity index (χ0) is 21.2. The van der Waals surface area contributed by atoms with Crippen LogP contribution in [-0.4, -0.2) is 37.9 Å². The molecule has 3 N–H and O–H groups in total. The summed E-state index contributed by atoms with van der Waals surface area (Å²) >= 11 is 0. The Labute approximate surface area is 192 Å². The molecule has 0 aliphatic heterocycles. The molecule has 0 unspecified atom stereocenters. The van der Waals surface area contributed by atoms with E-state index in [2.05, 4.69) is 20.4 Å². The van der Waals surface area contributed by atoms with Crippen molar-refractivity contribution in [2.75, 3.05) is 20.2 Å². The number of aryl methyl sites for hydroxylation is 1. The minimum absolute atomic E-state index is 0. The van der Waals surface area contributed by atoms with Gasteiger partial charge in [-0.1, -0.05) is 23.8 Å². The van der Waals surface area contributed by atoms with E-state index < -0.39 is 6.61 Å². The number of ether oxygens (including phenoxy) is 2. The molecule has 0 heterocycles. The zero-order valence-corrected chi connectivity index (χ0v) is 19.6. The Kier molecular flexibility index (Phi) is 11.2. The van der Waals surface area contributed by atoms with Crippen LogP contribution in [0.5, 0.6) is 17.2 Å². The van der Waals surface area contributed by atoms with Gasteiger partial charge in [0.15, 0.2) is 5.96 Å². The first kappa shape index (κ1) is 25.7. The third-order valence-corrected chi connectivity index (χ3v) is 4.16. The van der Waals surface area contributed by atoms with Crippen LogP contribution in [-0.2, 0) is 13.0 Å². The molecule has 166 valence electrons. The van der Waals surface area contributed by atoms with Gasteiger partial charge >= 0.3 is 6.61 Å². The van der Waals surface area contributed by atoms with Crippen molar-refractivity contribution in [1.29, 1.82) is 0 Å². The van der Waals surface area contributed by atoms with Crippen molar-refractivity contribution in [3.8, 4) is 17.2 Å². The summed E-state index contributed by atoms with van der Waals surface area (Å²) in [5.41, 5.74) is 2.29. The van der Waals surface area contributed by atoms with Crippen LogP contribution in [0.2, 0.25) is 0 Å². The molecule has 6 nitrogen and oxygen atoms in total. The molecule has 0 aliphatic rings. The second-order valence-electron chi connectivity index (χ2n) is 6.36. The fourth-order valence-corrected chi connectivity index (χ4v) is 2.75. The number of aliphatic imine (C=N–C) groups is 1. The monoisotopic (exact) mass is 535 g/mol. The quantitative estimate of drug-likeness (QED) is 0.255. The molecule has 2 rings (SSSR count). The van der Waals surface area contributed by atoms with Gasteiger partial charge in [0.1, 0.15) is 17.2 Å². The number of benzene rings is 2. The summed E-state index contributed by atoms with van der Waals surface area (Å²) < 4.78 is 34.9. The molecular weight excluding hydrogens is 507 g/mol. The van der Waals surface area contributed by atoms with Gasteiger partial charge in [-0.15, -0.1) is 24.0 Å². The molecular formula is C21H28F2IN3O3. The van der Waals surface area contributed by atoms with Crippen LogP contribution in [0.1, 0.15) is 23.6 Å². The average molecular weight is 535 g/mol. The van der Waals surface area contributed by atoms with E-state index in [4.69, 9.17) is 4.74 Å². The van der Waals surface area contributed by atoms with E-state index >= 15 is 0 Å². The van der Waals surface area contributed by atoms with Gasteiger partial charge in [0.25, 0.3) is 0 Å².